The summed E-state index contributed by atoms with van der Waals surface area (Å²) in [5, 5.41) is 4.39. The Bertz CT molecular complexity index is 3300. The maximum absolute atomic E-state index is 14.4. The van der Waals surface area contributed by atoms with Gasteiger partial charge in [0.25, 0.3) is 5.56 Å². The minimum absolute atomic E-state index is 0.0551. The molecule has 0 aliphatic carbocycles. The maximum atomic E-state index is 14.4. The SMILES string of the molecule is O=c1c2ccccc2c2cc(C3=CCC(c4ccccc4)=NC(c4ccccc4)=N3)cc3c4cc(-c5nc(-c6ccccc6)nc(-c6ccccc6)n5)ccc4n1c23. The molecule has 0 atom stereocenters. The number of aliphatic imine (C=N–C) groups is 2. The average molecular weight is 745 g/mol. The largest absolute Gasteiger partial charge is 0.275 e. The fourth-order valence-electron chi connectivity index (χ4n) is 8.08. The number of pyridine rings is 1. The Balaban J connectivity index is 1.16. The van der Waals surface area contributed by atoms with Gasteiger partial charge in [-0.3, -0.25) is 9.20 Å². The predicted molar refractivity (Wildman–Crippen MR) is 236 cm³/mol. The van der Waals surface area contributed by atoms with E-state index >= 15 is 0 Å². The Kier molecular flexibility index (Phi) is 7.89. The maximum Gasteiger partial charge on any atom is 0.263 e. The Morgan fingerprint density at radius 1 is 0.414 bits per heavy atom. The third-order valence-electron chi connectivity index (χ3n) is 10.9. The number of allylic oxidation sites excluding steroid dienone is 1. The number of benzene rings is 7. The zero-order chi connectivity index (χ0) is 38.6. The second-order valence-electron chi connectivity index (χ2n) is 14.4. The lowest BCUT2D eigenvalue weighted by Crippen LogP contribution is -2.12. The third-order valence-corrected chi connectivity index (χ3v) is 10.9. The summed E-state index contributed by atoms with van der Waals surface area (Å²) in [5.74, 6) is 2.37. The summed E-state index contributed by atoms with van der Waals surface area (Å²) in [6, 6.07) is 58.7. The van der Waals surface area contributed by atoms with Crippen LogP contribution < -0.4 is 5.56 Å². The molecule has 0 radical (unpaired) electrons. The van der Waals surface area contributed by atoms with Gasteiger partial charge in [0, 0.05) is 55.8 Å². The molecule has 0 unspecified atom stereocenters. The van der Waals surface area contributed by atoms with Crippen molar-refractivity contribution in [2.75, 3.05) is 0 Å². The fraction of sp³-hybridized carbons (Fsp3) is 0.0196. The van der Waals surface area contributed by atoms with Gasteiger partial charge < -0.3 is 0 Å². The van der Waals surface area contributed by atoms with Crippen molar-refractivity contribution in [2.45, 2.75) is 6.42 Å². The van der Waals surface area contributed by atoms with E-state index in [1.54, 1.807) is 0 Å². The fourth-order valence-corrected chi connectivity index (χ4v) is 8.08. The molecular weight excluding hydrogens is 713 g/mol. The van der Waals surface area contributed by atoms with Gasteiger partial charge in [-0.05, 0) is 47.3 Å². The Hall–Kier alpha value is -7.90. The molecule has 10 aromatic rings. The first-order valence-electron chi connectivity index (χ1n) is 19.3. The van der Waals surface area contributed by atoms with Crippen LogP contribution in [0.2, 0.25) is 0 Å². The van der Waals surface area contributed by atoms with E-state index in [1.807, 2.05) is 150 Å². The van der Waals surface area contributed by atoms with Gasteiger partial charge in [0.05, 0.1) is 22.4 Å². The molecular formula is C51H32N6O. The number of fused-ring (bicyclic) bond motifs is 5. The van der Waals surface area contributed by atoms with Crippen LogP contribution >= 0.6 is 0 Å². The van der Waals surface area contributed by atoms with Crippen molar-refractivity contribution >= 4 is 55.2 Å². The van der Waals surface area contributed by atoms with Gasteiger partial charge >= 0.3 is 0 Å². The van der Waals surface area contributed by atoms with E-state index in [1.165, 1.54) is 0 Å². The monoisotopic (exact) mass is 744 g/mol. The Morgan fingerprint density at radius 3 is 1.53 bits per heavy atom. The van der Waals surface area contributed by atoms with Crippen LogP contribution in [0.4, 0.5) is 0 Å². The summed E-state index contributed by atoms with van der Waals surface area (Å²) in [5.41, 5.74) is 8.93. The quantitative estimate of drug-likeness (QED) is 0.159. The molecule has 3 aromatic heterocycles. The van der Waals surface area contributed by atoms with Gasteiger partial charge in [-0.1, -0.05) is 146 Å². The van der Waals surface area contributed by atoms with Gasteiger partial charge in [-0.25, -0.2) is 24.9 Å². The molecule has 0 bridgehead atoms. The summed E-state index contributed by atoms with van der Waals surface area (Å²) in [6.07, 6.45) is 2.77. The summed E-state index contributed by atoms with van der Waals surface area (Å²) < 4.78 is 1.87. The number of aromatic nitrogens is 4. The van der Waals surface area contributed by atoms with Crippen molar-refractivity contribution in [1.29, 1.82) is 0 Å². The van der Waals surface area contributed by atoms with Crippen molar-refractivity contribution in [1.82, 2.24) is 19.4 Å². The highest BCUT2D eigenvalue weighted by Crippen LogP contribution is 2.39. The topological polar surface area (TPSA) is 84.9 Å². The molecule has 0 amide bonds. The Morgan fingerprint density at radius 2 is 0.914 bits per heavy atom. The standard InChI is InChI=1S/C51H32N6O/c58-51-39-24-14-13-23-38(39)41-30-37(44-27-26-43(32-15-5-1-6-16-32)52-47(53-44)33-17-7-2-8-18-33)31-42-40-29-36(25-28-45(40)57(51)46(41)42)50-55-48(34-19-9-3-10-20-34)54-49(56-50)35-21-11-4-12-22-35/h1-25,27-31H,26H2. The van der Waals surface area contributed by atoms with Crippen molar-refractivity contribution in [3.8, 4) is 34.2 Å². The molecule has 7 heteroatoms. The normalized spacial score (nSPS) is 13.1. The van der Waals surface area contributed by atoms with Crippen molar-refractivity contribution < 1.29 is 0 Å². The molecule has 0 spiro atoms. The molecule has 0 saturated carbocycles. The van der Waals surface area contributed by atoms with Gasteiger partial charge in [-0.2, -0.15) is 0 Å². The van der Waals surface area contributed by atoms with Crippen LogP contribution in [0.25, 0.3) is 77.8 Å². The second-order valence-corrected chi connectivity index (χ2v) is 14.4. The lowest BCUT2D eigenvalue weighted by Gasteiger charge is -2.10. The van der Waals surface area contributed by atoms with Gasteiger partial charge in [0.15, 0.2) is 23.3 Å². The summed E-state index contributed by atoms with van der Waals surface area (Å²) in [6.45, 7) is 0. The minimum atomic E-state index is -0.0551. The van der Waals surface area contributed by atoms with Gasteiger partial charge in [0.1, 0.15) is 0 Å². The number of amidine groups is 1. The molecule has 4 heterocycles. The van der Waals surface area contributed by atoms with Crippen LogP contribution in [0.3, 0.4) is 0 Å². The van der Waals surface area contributed by atoms with Crippen LogP contribution in [0.1, 0.15) is 23.1 Å². The van der Waals surface area contributed by atoms with Crippen molar-refractivity contribution in [3.63, 3.8) is 0 Å². The predicted octanol–water partition coefficient (Wildman–Crippen LogP) is 11.1. The smallest absolute Gasteiger partial charge is 0.263 e. The number of hydrogen-bond donors (Lipinski definition) is 0. The zero-order valence-corrected chi connectivity index (χ0v) is 31.1. The summed E-state index contributed by atoms with van der Waals surface area (Å²) in [4.78, 5) is 39.8. The zero-order valence-electron chi connectivity index (χ0n) is 31.1. The molecule has 0 saturated heterocycles. The molecule has 272 valence electrons. The van der Waals surface area contributed by atoms with E-state index in [9.17, 15) is 4.79 Å². The number of hydrogen-bond acceptors (Lipinski definition) is 6. The second kappa shape index (κ2) is 13.7. The molecule has 0 N–H and O–H groups in total. The lowest BCUT2D eigenvalue weighted by molar-refractivity contribution is 1.07. The molecule has 11 rings (SSSR count). The Labute approximate surface area is 333 Å². The number of rotatable bonds is 6. The van der Waals surface area contributed by atoms with Crippen LogP contribution in [-0.2, 0) is 0 Å². The molecule has 7 aromatic carbocycles. The summed E-state index contributed by atoms with van der Waals surface area (Å²) in [7, 11) is 0. The molecule has 7 nitrogen and oxygen atoms in total. The van der Waals surface area contributed by atoms with Crippen molar-refractivity contribution in [2.24, 2.45) is 9.98 Å². The first-order chi connectivity index (χ1) is 28.7. The van der Waals surface area contributed by atoms with E-state index in [2.05, 4.69) is 36.4 Å². The van der Waals surface area contributed by atoms with Gasteiger partial charge in [-0.15, -0.1) is 0 Å². The van der Waals surface area contributed by atoms with Crippen molar-refractivity contribution in [3.05, 3.63) is 209 Å². The molecule has 1 aliphatic heterocycles. The van der Waals surface area contributed by atoms with Crippen LogP contribution in [-0.4, -0.2) is 30.9 Å². The lowest BCUT2D eigenvalue weighted by atomic mass is 9.98. The van der Waals surface area contributed by atoms with E-state index < -0.39 is 0 Å². The highest BCUT2D eigenvalue weighted by Gasteiger charge is 2.22. The first-order valence-corrected chi connectivity index (χ1v) is 19.3. The summed E-state index contributed by atoms with van der Waals surface area (Å²) >= 11 is 0. The molecule has 58 heavy (non-hydrogen) atoms. The van der Waals surface area contributed by atoms with Crippen LogP contribution in [0, 0.1) is 0 Å². The third kappa shape index (κ3) is 5.68. The minimum Gasteiger partial charge on any atom is -0.275 e. The van der Waals surface area contributed by atoms with Crippen LogP contribution in [0.5, 0.6) is 0 Å². The average Bonchev–Trinajstić information content (AvgIpc) is 3.46. The first kappa shape index (κ1) is 33.4. The van der Waals surface area contributed by atoms with E-state index in [4.69, 9.17) is 24.9 Å². The van der Waals surface area contributed by atoms with Crippen LogP contribution in [0.15, 0.2) is 197 Å². The molecule has 0 fully saturated rings. The number of nitrogens with zero attached hydrogens (tertiary/aromatic N) is 6. The van der Waals surface area contributed by atoms with E-state index in [-0.39, 0.29) is 5.56 Å². The van der Waals surface area contributed by atoms with Gasteiger partial charge in [0.2, 0.25) is 0 Å². The highest BCUT2D eigenvalue weighted by molar-refractivity contribution is 6.22. The highest BCUT2D eigenvalue weighted by atomic mass is 16.1. The van der Waals surface area contributed by atoms with E-state index in [0.717, 1.165) is 77.4 Å². The van der Waals surface area contributed by atoms with E-state index in [0.29, 0.717) is 35.1 Å². The molecule has 1 aliphatic rings.